The van der Waals surface area contributed by atoms with Crippen molar-refractivity contribution in [1.29, 1.82) is 0 Å². The minimum atomic E-state index is 0.320. The summed E-state index contributed by atoms with van der Waals surface area (Å²) in [7, 11) is 0. The van der Waals surface area contributed by atoms with Gasteiger partial charge in [0.1, 0.15) is 0 Å². The van der Waals surface area contributed by atoms with Gasteiger partial charge in [-0.25, -0.2) is 0 Å². The minimum Gasteiger partial charge on any atom is -0.377 e. The smallest absolute Gasteiger partial charge is 0.191 e. The Morgan fingerprint density at radius 1 is 1.25 bits per heavy atom. The van der Waals surface area contributed by atoms with Gasteiger partial charge in [0, 0.05) is 44.7 Å². The van der Waals surface area contributed by atoms with Gasteiger partial charge in [0.25, 0.3) is 0 Å². The van der Waals surface area contributed by atoms with E-state index in [9.17, 15) is 0 Å². The molecule has 0 amide bonds. The van der Waals surface area contributed by atoms with E-state index in [-0.39, 0.29) is 0 Å². The number of nitrogens with one attached hydrogen (secondary N) is 2. The van der Waals surface area contributed by atoms with Crippen LogP contribution in [0, 0.1) is 6.92 Å². The van der Waals surface area contributed by atoms with E-state index in [4.69, 9.17) is 9.73 Å². The lowest BCUT2D eigenvalue weighted by Crippen LogP contribution is -2.49. The summed E-state index contributed by atoms with van der Waals surface area (Å²) in [5.41, 5.74) is 2.67. The number of ether oxygens (including phenoxy) is 1. The average molecular weight is 389 g/mol. The van der Waals surface area contributed by atoms with E-state index in [0.29, 0.717) is 18.1 Å². The van der Waals surface area contributed by atoms with E-state index in [0.717, 1.165) is 58.1 Å². The third kappa shape index (κ3) is 8.19. The fourth-order valence-electron chi connectivity index (χ4n) is 3.54. The Morgan fingerprint density at radius 3 is 2.64 bits per heavy atom. The second-order valence-corrected chi connectivity index (χ2v) is 8.21. The van der Waals surface area contributed by atoms with Gasteiger partial charge in [-0.1, -0.05) is 36.8 Å². The van der Waals surface area contributed by atoms with Crippen LogP contribution in [0.4, 0.5) is 0 Å². The number of guanidine groups is 1. The fraction of sp³-hybridized carbons (Fsp3) is 0.696. The van der Waals surface area contributed by atoms with Crippen molar-refractivity contribution in [3.05, 3.63) is 35.4 Å². The SMILES string of the molecule is CCNC(=NCC(C)c1cccc(C)c1)NC1CCN(CCOC(C)C)CC1. The predicted molar refractivity (Wildman–Crippen MR) is 119 cm³/mol. The second kappa shape index (κ2) is 12.1. The van der Waals surface area contributed by atoms with Crippen molar-refractivity contribution in [3.8, 4) is 0 Å². The number of aryl methyl sites for hydroxylation is 1. The summed E-state index contributed by atoms with van der Waals surface area (Å²) in [5.74, 6) is 1.36. The molecule has 0 aromatic heterocycles. The van der Waals surface area contributed by atoms with Crippen molar-refractivity contribution in [1.82, 2.24) is 15.5 Å². The largest absolute Gasteiger partial charge is 0.377 e. The molecule has 1 unspecified atom stereocenters. The van der Waals surface area contributed by atoms with E-state index in [1.54, 1.807) is 0 Å². The molecule has 1 aromatic rings. The first kappa shape index (κ1) is 22.7. The Kier molecular flexibility index (Phi) is 9.79. The summed E-state index contributed by atoms with van der Waals surface area (Å²) in [4.78, 5) is 7.37. The van der Waals surface area contributed by atoms with Crippen molar-refractivity contribution in [2.24, 2.45) is 4.99 Å². The summed E-state index contributed by atoms with van der Waals surface area (Å²) in [6, 6.07) is 9.24. The van der Waals surface area contributed by atoms with E-state index >= 15 is 0 Å². The molecule has 28 heavy (non-hydrogen) atoms. The Morgan fingerprint density at radius 2 is 2.00 bits per heavy atom. The van der Waals surface area contributed by atoms with E-state index < -0.39 is 0 Å². The molecule has 1 aliphatic rings. The topological polar surface area (TPSA) is 48.9 Å². The fourth-order valence-corrected chi connectivity index (χ4v) is 3.54. The number of benzene rings is 1. The molecule has 0 aliphatic carbocycles. The van der Waals surface area contributed by atoms with Crippen molar-refractivity contribution >= 4 is 5.96 Å². The number of likely N-dealkylation sites (tertiary alicyclic amines) is 1. The molecule has 158 valence electrons. The summed E-state index contributed by atoms with van der Waals surface area (Å²) >= 11 is 0. The molecule has 5 heteroatoms. The first-order chi connectivity index (χ1) is 13.5. The molecule has 0 saturated carbocycles. The third-order valence-electron chi connectivity index (χ3n) is 5.27. The lowest BCUT2D eigenvalue weighted by Gasteiger charge is -2.33. The maximum atomic E-state index is 5.68. The highest BCUT2D eigenvalue weighted by Gasteiger charge is 2.20. The van der Waals surface area contributed by atoms with Crippen LogP contribution in [-0.2, 0) is 4.74 Å². The molecule has 2 N–H and O–H groups in total. The van der Waals surface area contributed by atoms with Gasteiger partial charge in [-0.05, 0) is 46.1 Å². The van der Waals surface area contributed by atoms with Gasteiger partial charge in [0.15, 0.2) is 5.96 Å². The van der Waals surface area contributed by atoms with Crippen LogP contribution in [0.3, 0.4) is 0 Å². The number of aliphatic imine (C=N–C) groups is 1. The number of rotatable bonds is 9. The highest BCUT2D eigenvalue weighted by atomic mass is 16.5. The predicted octanol–water partition coefficient (Wildman–Crippen LogP) is 3.54. The zero-order valence-electron chi connectivity index (χ0n) is 18.5. The summed E-state index contributed by atoms with van der Waals surface area (Å²) in [6.45, 7) is 16.5. The number of hydrogen-bond acceptors (Lipinski definition) is 3. The zero-order chi connectivity index (χ0) is 20.4. The van der Waals surface area contributed by atoms with Gasteiger partial charge in [-0.2, -0.15) is 0 Å². The summed E-state index contributed by atoms with van der Waals surface area (Å²) in [6.07, 6.45) is 2.62. The molecule has 1 aliphatic heterocycles. The molecular formula is C23H40N4O. The van der Waals surface area contributed by atoms with Crippen LogP contribution >= 0.6 is 0 Å². The van der Waals surface area contributed by atoms with Crippen molar-refractivity contribution in [2.45, 2.75) is 65.5 Å². The second-order valence-electron chi connectivity index (χ2n) is 8.21. The summed E-state index contributed by atoms with van der Waals surface area (Å²) in [5, 5.41) is 7.06. The molecule has 1 heterocycles. The normalized spacial score (nSPS) is 17.7. The van der Waals surface area contributed by atoms with Crippen LogP contribution in [-0.4, -0.2) is 62.3 Å². The van der Waals surface area contributed by atoms with Crippen LogP contribution in [0.5, 0.6) is 0 Å². The van der Waals surface area contributed by atoms with Crippen LogP contribution in [0.25, 0.3) is 0 Å². The van der Waals surface area contributed by atoms with E-state index in [1.165, 1.54) is 11.1 Å². The molecule has 1 aromatic carbocycles. The zero-order valence-corrected chi connectivity index (χ0v) is 18.5. The lowest BCUT2D eigenvalue weighted by atomic mass is 10.00. The monoisotopic (exact) mass is 388 g/mol. The Labute approximate surface area is 171 Å². The first-order valence-corrected chi connectivity index (χ1v) is 10.9. The highest BCUT2D eigenvalue weighted by molar-refractivity contribution is 5.80. The molecule has 2 rings (SSSR count). The summed E-state index contributed by atoms with van der Waals surface area (Å²) < 4.78 is 5.68. The minimum absolute atomic E-state index is 0.320. The van der Waals surface area contributed by atoms with Crippen LogP contribution in [0.2, 0.25) is 0 Å². The maximum Gasteiger partial charge on any atom is 0.191 e. The molecule has 0 radical (unpaired) electrons. The van der Waals surface area contributed by atoms with Gasteiger partial charge in [0.05, 0.1) is 12.7 Å². The van der Waals surface area contributed by atoms with E-state index in [1.807, 2.05) is 0 Å². The van der Waals surface area contributed by atoms with Crippen molar-refractivity contribution in [3.63, 3.8) is 0 Å². The number of piperidine rings is 1. The van der Waals surface area contributed by atoms with Crippen LogP contribution in [0.15, 0.2) is 29.3 Å². The van der Waals surface area contributed by atoms with Gasteiger partial charge < -0.3 is 20.3 Å². The lowest BCUT2D eigenvalue weighted by molar-refractivity contribution is 0.0532. The van der Waals surface area contributed by atoms with Gasteiger partial charge in [-0.3, -0.25) is 4.99 Å². The van der Waals surface area contributed by atoms with Crippen LogP contribution < -0.4 is 10.6 Å². The van der Waals surface area contributed by atoms with E-state index in [2.05, 4.69) is 74.4 Å². The molecule has 0 spiro atoms. The Bertz CT molecular complexity index is 594. The maximum absolute atomic E-state index is 5.68. The van der Waals surface area contributed by atoms with Gasteiger partial charge >= 0.3 is 0 Å². The molecule has 0 bridgehead atoms. The molecule has 1 fully saturated rings. The van der Waals surface area contributed by atoms with Crippen LogP contribution in [0.1, 0.15) is 57.6 Å². The Balaban J connectivity index is 1.80. The molecule has 1 atom stereocenters. The Hall–Kier alpha value is -1.59. The number of nitrogens with zero attached hydrogens (tertiary/aromatic N) is 2. The first-order valence-electron chi connectivity index (χ1n) is 10.9. The number of hydrogen-bond donors (Lipinski definition) is 2. The average Bonchev–Trinajstić information content (AvgIpc) is 2.67. The van der Waals surface area contributed by atoms with Gasteiger partial charge in [-0.15, -0.1) is 0 Å². The van der Waals surface area contributed by atoms with Gasteiger partial charge in [0.2, 0.25) is 0 Å². The molecular weight excluding hydrogens is 348 g/mol. The third-order valence-corrected chi connectivity index (χ3v) is 5.27. The van der Waals surface area contributed by atoms with Crippen molar-refractivity contribution in [2.75, 3.05) is 39.3 Å². The molecule has 1 saturated heterocycles. The molecule has 5 nitrogen and oxygen atoms in total. The standard InChI is InChI=1S/C23H40N4O/c1-6-24-23(25-17-20(5)21-9-7-8-19(4)16-21)26-22-10-12-27(13-11-22)14-15-28-18(2)3/h7-9,16,18,20,22H,6,10-15,17H2,1-5H3,(H2,24,25,26). The van der Waals surface area contributed by atoms with Crippen molar-refractivity contribution < 1.29 is 4.74 Å². The quantitative estimate of drug-likeness (QED) is 0.502. The highest BCUT2D eigenvalue weighted by Crippen LogP contribution is 2.17.